The quantitative estimate of drug-likeness (QED) is 0.212. The van der Waals surface area contributed by atoms with E-state index in [4.69, 9.17) is 33.0 Å². The van der Waals surface area contributed by atoms with Gasteiger partial charge in [0.25, 0.3) is 0 Å². The summed E-state index contributed by atoms with van der Waals surface area (Å²) in [5, 5.41) is 12.4. The normalized spacial score (nSPS) is 12.0. The van der Waals surface area contributed by atoms with Gasteiger partial charge in [0.15, 0.2) is 0 Å². The molecule has 6 heteroatoms. The predicted molar refractivity (Wildman–Crippen MR) is 164 cm³/mol. The molecule has 0 fully saturated rings. The minimum absolute atomic E-state index is 0.125. The number of carboxylic acid groups (broad SMARTS) is 1. The molecule has 0 bridgehead atoms. The van der Waals surface area contributed by atoms with Crippen molar-refractivity contribution < 1.29 is 19.4 Å². The highest BCUT2D eigenvalue weighted by atomic mass is 35.5. The fraction of sp³-hybridized carbons (Fsp3) is 0.294. The molecule has 4 aromatic carbocycles. The fourth-order valence-corrected chi connectivity index (χ4v) is 5.37. The average molecular weight is 578 g/mol. The molecule has 0 amide bonds. The Bertz CT molecular complexity index is 1550. The number of esters is 1. The maximum Gasteiger partial charge on any atom is 0.338 e. The molecule has 0 spiro atoms. The van der Waals surface area contributed by atoms with E-state index in [1.54, 1.807) is 36.4 Å². The number of hydrogen-bond donors (Lipinski definition) is 1. The Hall–Kier alpha value is -3.34. The summed E-state index contributed by atoms with van der Waals surface area (Å²) in [6.07, 6.45) is 1.50. The number of fused-ring (bicyclic) bond motifs is 1. The summed E-state index contributed by atoms with van der Waals surface area (Å²) in [5.41, 5.74) is 4.29. The molecule has 0 aliphatic carbocycles. The van der Waals surface area contributed by atoms with Crippen LogP contribution in [0.25, 0.3) is 21.9 Å². The fourth-order valence-electron chi connectivity index (χ4n) is 4.78. The van der Waals surface area contributed by atoms with Crippen molar-refractivity contribution in [3.05, 3.63) is 105 Å². The number of rotatable bonds is 8. The van der Waals surface area contributed by atoms with Crippen LogP contribution in [-0.4, -0.2) is 23.7 Å². The van der Waals surface area contributed by atoms with Gasteiger partial charge in [-0.15, -0.1) is 0 Å². The summed E-state index contributed by atoms with van der Waals surface area (Å²) in [4.78, 5) is 23.9. The van der Waals surface area contributed by atoms with Gasteiger partial charge in [0, 0.05) is 16.2 Å². The van der Waals surface area contributed by atoms with E-state index in [-0.39, 0.29) is 23.0 Å². The molecule has 0 aromatic heterocycles. The Labute approximate surface area is 245 Å². The Morgan fingerprint density at radius 3 is 1.57 bits per heavy atom. The molecule has 0 radical (unpaired) electrons. The minimum Gasteiger partial charge on any atom is -0.478 e. The van der Waals surface area contributed by atoms with Crippen LogP contribution in [0.3, 0.4) is 0 Å². The Balaban J connectivity index is 1.42. The van der Waals surface area contributed by atoms with Crippen LogP contribution in [0.2, 0.25) is 10.0 Å². The van der Waals surface area contributed by atoms with Crippen molar-refractivity contribution in [1.29, 1.82) is 0 Å². The maximum absolute atomic E-state index is 12.8. The van der Waals surface area contributed by atoms with Gasteiger partial charge >= 0.3 is 11.9 Å². The van der Waals surface area contributed by atoms with E-state index in [1.807, 2.05) is 44.2 Å². The lowest BCUT2D eigenvalue weighted by Crippen LogP contribution is -2.24. The Morgan fingerprint density at radius 1 is 0.675 bits per heavy atom. The van der Waals surface area contributed by atoms with Crippen molar-refractivity contribution in [3.8, 4) is 11.1 Å². The highest BCUT2D eigenvalue weighted by Gasteiger charge is 2.24. The van der Waals surface area contributed by atoms with E-state index >= 15 is 0 Å². The first-order chi connectivity index (χ1) is 18.7. The van der Waals surface area contributed by atoms with Gasteiger partial charge in [-0.3, -0.25) is 0 Å². The largest absolute Gasteiger partial charge is 0.478 e. The van der Waals surface area contributed by atoms with Crippen molar-refractivity contribution in [3.63, 3.8) is 0 Å². The van der Waals surface area contributed by atoms with Gasteiger partial charge < -0.3 is 9.84 Å². The SMILES string of the molecule is CC(C)(C)Cc1ccc2c(Cl)c(CC(C)(C)COC(=O)c3ccc(-c4ccc(C(=O)O)cc4)cc3)ccc2c1Cl. The van der Waals surface area contributed by atoms with Gasteiger partial charge in [-0.25, -0.2) is 9.59 Å². The highest BCUT2D eigenvalue weighted by molar-refractivity contribution is 6.40. The molecule has 0 aliphatic heterocycles. The number of hydrogen-bond acceptors (Lipinski definition) is 3. The monoisotopic (exact) mass is 576 g/mol. The van der Waals surface area contributed by atoms with Gasteiger partial charge in [-0.1, -0.05) is 106 Å². The third-order valence-corrected chi connectivity index (χ3v) is 7.69. The minimum atomic E-state index is -0.968. The Morgan fingerprint density at radius 2 is 1.12 bits per heavy atom. The van der Waals surface area contributed by atoms with Crippen LogP contribution in [-0.2, 0) is 17.6 Å². The summed E-state index contributed by atoms with van der Waals surface area (Å²) in [5.74, 6) is -1.37. The van der Waals surface area contributed by atoms with E-state index in [0.29, 0.717) is 17.0 Å². The first-order valence-electron chi connectivity index (χ1n) is 13.2. The van der Waals surface area contributed by atoms with Crippen LogP contribution < -0.4 is 0 Å². The van der Waals surface area contributed by atoms with Crippen LogP contribution in [0.4, 0.5) is 0 Å². The number of carbonyl (C=O) groups is 2. The second-order valence-corrected chi connectivity index (χ2v) is 13.0. The number of ether oxygens (including phenoxy) is 1. The predicted octanol–water partition coefficient (Wildman–Crippen LogP) is 9.53. The number of benzene rings is 4. The molecule has 4 nitrogen and oxygen atoms in total. The molecular formula is C34H34Cl2O4. The lowest BCUT2D eigenvalue weighted by Gasteiger charge is -2.25. The third kappa shape index (κ3) is 7.04. The summed E-state index contributed by atoms with van der Waals surface area (Å²) in [7, 11) is 0. The second-order valence-electron chi connectivity index (χ2n) is 12.3. The molecule has 0 saturated heterocycles. The van der Waals surface area contributed by atoms with Crippen LogP contribution in [0.5, 0.6) is 0 Å². The van der Waals surface area contributed by atoms with Gasteiger partial charge in [0.1, 0.15) is 0 Å². The molecule has 1 N–H and O–H groups in total. The Kier molecular flexibility index (Phi) is 8.63. The van der Waals surface area contributed by atoms with Crippen molar-refractivity contribution in [2.24, 2.45) is 10.8 Å². The van der Waals surface area contributed by atoms with Crippen LogP contribution in [0.1, 0.15) is 66.5 Å². The molecule has 40 heavy (non-hydrogen) atoms. The summed E-state index contributed by atoms with van der Waals surface area (Å²) in [6.45, 7) is 10.9. The molecule has 0 aliphatic rings. The van der Waals surface area contributed by atoms with Crippen LogP contribution in [0, 0.1) is 10.8 Å². The highest BCUT2D eigenvalue weighted by Crippen LogP contribution is 2.38. The zero-order chi connectivity index (χ0) is 29.2. The van der Waals surface area contributed by atoms with Crippen molar-refractivity contribution in [2.45, 2.75) is 47.5 Å². The summed E-state index contributed by atoms with van der Waals surface area (Å²) >= 11 is 13.6. The van der Waals surface area contributed by atoms with E-state index in [9.17, 15) is 9.59 Å². The average Bonchev–Trinajstić information content (AvgIpc) is 2.90. The zero-order valence-electron chi connectivity index (χ0n) is 23.5. The number of carbonyl (C=O) groups excluding carboxylic acids is 1. The topological polar surface area (TPSA) is 63.6 Å². The molecule has 0 atom stereocenters. The van der Waals surface area contributed by atoms with Crippen LogP contribution >= 0.6 is 23.2 Å². The number of halogens is 2. The maximum atomic E-state index is 12.8. The lowest BCUT2D eigenvalue weighted by atomic mass is 9.85. The molecule has 0 unspecified atom stereocenters. The molecule has 0 saturated carbocycles. The molecule has 208 valence electrons. The van der Waals surface area contributed by atoms with E-state index in [0.717, 1.165) is 44.5 Å². The molecule has 4 aromatic rings. The van der Waals surface area contributed by atoms with E-state index in [2.05, 4.69) is 26.8 Å². The van der Waals surface area contributed by atoms with E-state index < -0.39 is 11.9 Å². The smallest absolute Gasteiger partial charge is 0.338 e. The number of carboxylic acids is 1. The van der Waals surface area contributed by atoms with Gasteiger partial charge in [0.2, 0.25) is 0 Å². The molecule has 4 rings (SSSR count). The van der Waals surface area contributed by atoms with Crippen molar-refractivity contribution >= 4 is 45.9 Å². The van der Waals surface area contributed by atoms with Crippen molar-refractivity contribution in [1.82, 2.24) is 0 Å². The molecular weight excluding hydrogens is 543 g/mol. The third-order valence-electron chi connectivity index (χ3n) is 6.80. The van der Waals surface area contributed by atoms with Gasteiger partial charge in [-0.2, -0.15) is 0 Å². The zero-order valence-corrected chi connectivity index (χ0v) is 25.0. The van der Waals surface area contributed by atoms with E-state index in [1.165, 1.54) is 0 Å². The summed E-state index contributed by atoms with van der Waals surface area (Å²) in [6, 6.07) is 21.8. The molecule has 0 heterocycles. The lowest BCUT2D eigenvalue weighted by molar-refractivity contribution is 0.0341. The van der Waals surface area contributed by atoms with Gasteiger partial charge in [0.05, 0.1) is 27.8 Å². The number of aromatic carboxylic acids is 1. The summed E-state index contributed by atoms with van der Waals surface area (Å²) < 4.78 is 5.69. The van der Waals surface area contributed by atoms with Crippen LogP contribution in [0.15, 0.2) is 72.8 Å². The first-order valence-corrected chi connectivity index (χ1v) is 14.0. The van der Waals surface area contributed by atoms with Gasteiger partial charge in [-0.05, 0) is 64.8 Å². The standard InChI is InChI=1S/C34H34Cl2O4/c1-33(2,3)18-25-14-16-28-27(29(25)35)17-15-26(30(28)36)19-34(4,5)20-40-32(39)24-12-8-22(9-13-24)21-6-10-23(11-7-21)31(37)38/h6-17H,18-20H2,1-5H3,(H,37,38). The first kappa shape index (κ1) is 29.6. The second kappa shape index (κ2) is 11.6. The van der Waals surface area contributed by atoms with Crippen molar-refractivity contribution in [2.75, 3.05) is 6.61 Å².